The number of hydrogen-bond donors (Lipinski definition) is 3. The highest BCUT2D eigenvalue weighted by atomic mass is 127. The van der Waals surface area contributed by atoms with Gasteiger partial charge >= 0.3 is 0 Å². The molecule has 0 spiro atoms. The van der Waals surface area contributed by atoms with Crippen LogP contribution in [0, 0.1) is 6.92 Å². The predicted molar refractivity (Wildman–Crippen MR) is 128 cm³/mol. The number of hydrogen-bond acceptors (Lipinski definition) is 5. The number of guanidine groups is 1. The number of nitrogens with zero attached hydrogens (tertiary/aromatic N) is 1. The number of carbonyl (C=O) groups excluding carboxylic acids is 1. The molecule has 0 aliphatic heterocycles. The summed E-state index contributed by atoms with van der Waals surface area (Å²) in [6, 6.07) is 9.41. The first-order chi connectivity index (χ1) is 14.1. The zero-order chi connectivity index (χ0) is 20.9. The summed E-state index contributed by atoms with van der Waals surface area (Å²) in [7, 11) is 1.70. The second-order valence-corrected chi connectivity index (χ2v) is 6.24. The van der Waals surface area contributed by atoms with Crippen molar-refractivity contribution in [3.8, 4) is 5.75 Å². The zero-order valence-corrected chi connectivity index (χ0v) is 20.0. The molecule has 0 atom stereocenters. The zero-order valence-electron chi connectivity index (χ0n) is 17.7. The van der Waals surface area contributed by atoms with E-state index in [1.165, 1.54) is 6.26 Å². The van der Waals surface area contributed by atoms with Gasteiger partial charge in [-0.15, -0.1) is 24.0 Å². The van der Waals surface area contributed by atoms with Crippen molar-refractivity contribution in [3.05, 3.63) is 53.5 Å². The van der Waals surface area contributed by atoms with Crippen LogP contribution in [0.4, 0.5) is 0 Å². The molecule has 0 aliphatic rings. The van der Waals surface area contributed by atoms with Crippen LogP contribution in [0.2, 0.25) is 0 Å². The van der Waals surface area contributed by atoms with Gasteiger partial charge in [-0.25, -0.2) is 0 Å². The second kappa shape index (κ2) is 14.7. The minimum Gasteiger partial charge on any atom is -0.491 e. The van der Waals surface area contributed by atoms with Gasteiger partial charge in [0.05, 0.1) is 12.9 Å². The van der Waals surface area contributed by atoms with Gasteiger partial charge in [-0.05, 0) is 37.6 Å². The molecule has 30 heavy (non-hydrogen) atoms. The molecule has 0 bridgehead atoms. The van der Waals surface area contributed by atoms with Gasteiger partial charge in [0.15, 0.2) is 11.7 Å². The molecule has 0 saturated heterocycles. The van der Waals surface area contributed by atoms with E-state index in [9.17, 15) is 4.79 Å². The standard InChI is InChI=1S/C21H30N4O4.HI/c1-4-27-12-13-29-19-14-16(2)7-8-17(19)15-25-21(22-3)24-10-9-23-20(26)18-6-5-11-28-18;/h5-8,11,14H,4,9-10,12-13,15H2,1-3H3,(H,23,26)(H2,22,24,25);1H. The van der Waals surface area contributed by atoms with Crippen molar-refractivity contribution in [2.45, 2.75) is 20.4 Å². The Hall–Kier alpha value is -2.27. The van der Waals surface area contributed by atoms with Gasteiger partial charge in [0.25, 0.3) is 5.91 Å². The molecule has 1 heterocycles. The largest absolute Gasteiger partial charge is 0.491 e. The number of rotatable bonds is 11. The van der Waals surface area contributed by atoms with Crippen molar-refractivity contribution in [2.24, 2.45) is 4.99 Å². The van der Waals surface area contributed by atoms with Gasteiger partial charge in [0.2, 0.25) is 0 Å². The fourth-order valence-electron chi connectivity index (χ4n) is 2.55. The first-order valence-corrected chi connectivity index (χ1v) is 9.70. The van der Waals surface area contributed by atoms with E-state index in [4.69, 9.17) is 13.9 Å². The minimum atomic E-state index is -0.242. The van der Waals surface area contributed by atoms with Crippen molar-refractivity contribution in [1.29, 1.82) is 0 Å². The summed E-state index contributed by atoms with van der Waals surface area (Å²) in [4.78, 5) is 16.0. The van der Waals surface area contributed by atoms with Crippen LogP contribution in [0.3, 0.4) is 0 Å². The Balaban J connectivity index is 0.00000450. The third kappa shape index (κ3) is 9.04. The number of furan rings is 1. The Morgan fingerprint density at radius 3 is 2.63 bits per heavy atom. The lowest BCUT2D eigenvalue weighted by molar-refractivity contribution is 0.0926. The van der Waals surface area contributed by atoms with Crippen LogP contribution >= 0.6 is 24.0 Å². The van der Waals surface area contributed by atoms with E-state index in [2.05, 4.69) is 20.9 Å². The SMILES string of the molecule is CCOCCOc1cc(C)ccc1CNC(=NC)NCCNC(=O)c1ccco1.I. The number of halogens is 1. The molecular formula is C21H31IN4O4. The number of ether oxygens (including phenoxy) is 2. The third-order valence-electron chi connectivity index (χ3n) is 4.03. The normalized spacial score (nSPS) is 10.8. The van der Waals surface area contributed by atoms with Crippen LogP contribution in [-0.4, -0.2) is 51.8 Å². The summed E-state index contributed by atoms with van der Waals surface area (Å²) in [6.45, 7) is 7.26. The van der Waals surface area contributed by atoms with Gasteiger partial charge < -0.3 is 29.8 Å². The van der Waals surface area contributed by atoms with Crippen LogP contribution in [0.15, 0.2) is 46.0 Å². The fraction of sp³-hybridized carbons (Fsp3) is 0.429. The smallest absolute Gasteiger partial charge is 0.287 e. The molecule has 1 aromatic carbocycles. The van der Waals surface area contributed by atoms with E-state index in [-0.39, 0.29) is 29.9 Å². The molecule has 0 radical (unpaired) electrons. The maximum Gasteiger partial charge on any atom is 0.287 e. The minimum absolute atomic E-state index is 0. The van der Waals surface area contributed by atoms with Gasteiger partial charge in [0.1, 0.15) is 12.4 Å². The van der Waals surface area contributed by atoms with E-state index < -0.39 is 0 Å². The molecule has 1 aromatic heterocycles. The van der Waals surface area contributed by atoms with Crippen LogP contribution in [0.1, 0.15) is 28.6 Å². The Morgan fingerprint density at radius 1 is 1.13 bits per heavy atom. The monoisotopic (exact) mass is 530 g/mol. The van der Waals surface area contributed by atoms with Crippen LogP contribution < -0.4 is 20.7 Å². The number of carbonyl (C=O) groups is 1. The summed E-state index contributed by atoms with van der Waals surface area (Å²) in [5.41, 5.74) is 2.16. The van der Waals surface area contributed by atoms with E-state index >= 15 is 0 Å². The molecule has 2 rings (SSSR count). The highest BCUT2D eigenvalue weighted by Crippen LogP contribution is 2.20. The summed E-state index contributed by atoms with van der Waals surface area (Å²) in [5, 5.41) is 9.20. The number of aryl methyl sites for hydroxylation is 1. The lowest BCUT2D eigenvalue weighted by atomic mass is 10.1. The molecule has 8 nitrogen and oxygen atoms in total. The first-order valence-electron chi connectivity index (χ1n) is 9.70. The maximum absolute atomic E-state index is 11.8. The van der Waals surface area contributed by atoms with E-state index in [0.717, 1.165) is 16.9 Å². The van der Waals surface area contributed by atoms with Crippen molar-refractivity contribution >= 4 is 35.8 Å². The second-order valence-electron chi connectivity index (χ2n) is 6.24. The molecular weight excluding hydrogens is 499 g/mol. The first kappa shape index (κ1) is 25.8. The number of benzene rings is 1. The van der Waals surface area contributed by atoms with Crippen molar-refractivity contribution < 1.29 is 18.7 Å². The highest BCUT2D eigenvalue weighted by molar-refractivity contribution is 14.0. The Kier molecular flexibility index (Phi) is 12.6. The number of aliphatic imine (C=N–C) groups is 1. The van der Waals surface area contributed by atoms with Crippen LogP contribution in [0.25, 0.3) is 0 Å². The summed E-state index contributed by atoms with van der Waals surface area (Å²) in [6.07, 6.45) is 1.47. The molecule has 9 heteroatoms. The lowest BCUT2D eigenvalue weighted by Crippen LogP contribution is -2.41. The molecule has 2 aromatic rings. The topological polar surface area (TPSA) is 97.1 Å². The Bertz CT molecular complexity index is 781. The van der Waals surface area contributed by atoms with Gasteiger partial charge in [-0.1, -0.05) is 12.1 Å². The van der Waals surface area contributed by atoms with Crippen molar-refractivity contribution in [1.82, 2.24) is 16.0 Å². The van der Waals surface area contributed by atoms with Crippen molar-refractivity contribution in [2.75, 3.05) is 40.0 Å². The quantitative estimate of drug-likeness (QED) is 0.179. The van der Waals surface area contributed by atoms with Gasteiger partial charge in [0, 0.05) is 38.9 Å². The van der Waals surface area contributed by atoms with E-state index in [0.29, 0.717) is 51.2 Å². The maximum atomic E-state index is 11.8. The average molecular weight is 530 g/mol. The van der Waals surface area contributed by atoms with Gasteiger partial charge in [-0.3, -0.25) is 9.79 Å². The fourth-order valence-corrected chi connectivity index (χ4v) is 2.55. The van der Waals surface area contributed by atoms with Crippen molar-refractivity contribution in [3.63, 3.8) is 0 Å². The third-order valence-corrected chi connectivity index (χ3v) is 4.03. The Labute approximate surface area is 194 Å². The van der Waals surface area contributed by atoms with Gasteiger partial charge in [-0.2, -0.15) is 0 Å². The molecule has 0 unspecified atom stereocenters. The lowest BCUT2D eigenvalue weighted by Gasteiger charge is -2.15. The summed E-state index contributed by atoms with van der Waals surface area (Å²) >= 11 is 0. The van der Waals surface area contributed by atoms with Crippen LogP contribution in [-0.2, 0) is 11.3 Å². The number of amides is 1. The van der Waals surface area contributed by atoms with E-state index in [1.807, 2.05) is 32.0 Å². The molecule has 0 saturated carbocycles. The molecule has 0 fully saturated rings. The Morgan fingerprint density at radius 2 is 1.93 bits per heavy atom. The van der Waals surface area contributed by atoms with E-state index in [1.54, 1.807) is 19.2 Å². The molecule has 0 aliphatic carbocycles. The molecule has 3 N–H and O–H groups in total. The molecule has 166 valence electrons. The van der Waals surface area contributed by atoms with Crippen LogP contribution in [0.5, 0.6) is 5.75 Å². The molecule has 1 amide bonds. The highest BCUT2D eigenvalue weighted by Gasteiger charge is 2.08. The summed E-state index contributed by atoms with van der Waals surface area (Å²) in [5.74, 6) is 1.52. The summed E-state index contributed by atoms with van der Waals surface area (Å²) < 4.78 is 16.3. The predicted octanol–water partition coefficient (Wildman–Crippen LogP) is 2.72. The average Bonchev–Trinajstić information content (AvgIpc) is 3.26. The number of nitrogens with one attached hydrogen (secondary N) is 3.